The average molecular weight is 246 g/mol. The zero-order valence-electron chi connectivity index (χ0n) is 8.19. The largest absolute Gasteiger partial charge is 0.390 e. The zero-order valence-corrected chi connectivity index (χ0v) is 9.83. The number of H-pyrrole nitrogens is 1. The fraction of sp³-hybridized carbons (Fsp3) is 0.500. The molecule has 0 aliphatic carbocycles. The molecule has 1 heterocycles. The molecule has 0 aliphatic heterocycles. The smallest absolute Gasteiger partial charge is 0.163 e. The summed E-state index contributed by atoms with van der Waals surface area (Å²) in [5.74, 6) is 1.70. The van der Waals surface area contributed by atoms with Crippen LogP contribution in [0, 0.1) is 0 Å². The molecule has 0 aliphatic rings. The predicted molar refractivity (Wildman–Crippen MR) is 65.5 cm³/mol. The molecular weight excluding hydrogens is 232 g/mol. The number of hydrogen-bond acceptors (Lipinski definition) is 4. The Morgan fingerprint density at radius 1 is 1.73 bits per heavy atom. The van der Waals surface area contributed by atoms with Gasteiger partial charge in [0.05, 0.1) is 24.3 Å². The maximum Gasteiger partial charge on any atom is 0.163 e. The number of thioether (sulfide) groups is 1. The molecule has 0 saturated carbocycles. The van der Waals surface area contributed by atoms with Crippen LogP contribution < -0.4 is 11.1 Å². The first-order valence-corrected chi connectivity index (χ1v) is 6.03. The molecule has 0 amide bonds. The molecule has 5 nitrogen and oxygen atoms in total. The predicted octanol–water partition coefficient (Wildman–Crippen LogP) is -0.0316. The summed E-state index contributed by atoms with van der Waals surface area (Å²) in [6.07, 6.45) is 1.59. The van der Waals surface area contributed by atoms with E-state index in [1.54, 1.807) is 18.1 Å². The van der Waals surface area contributed by atoms with E-state index < -0.39 is 0 Å². The number of thiocarbonyl (C=S) groups is 1. The molecule has 1 aromatic rings. The van der Waals surface area contributed by atoms with Crippen molar-refractivity contribution >= 4 is 29.1 Å². The third-order valence-corrected chi connectivity index (χ3v) is 2.88. The number of aliphatic hydroxyl groups is 1. The van der Waals surface area contributed by atoms with Gasteiger partial charge in [-0.25, -0.2) is 4.98 Å². The highest BCUT2D eigenvalue weighted by Crippen LogP contribution is 2.12. The van der Waals surface area contributed by atoms with Gasteiger partial charge in [0, 0.05) is 18.1 Å². The summed E-state index contributed by atoms with van der Waals surface area (Å²) in [6.45, 7) is 0.729. The zero-order chi connectivity index (χ0) is 11.1. The van der Waals surface area contributed by atoms with Gasteiger partial charge in [0.15, 0.2) is 5.11 Å². The van der Waals surface area contributed by atoms with Gasteiger partial charge in [-0.05, 0) is 12.2 Å². The number of aliphatic hydroxyl groups excluding tert-OH is 1. The van der Waals surface area contributed by atoms with Crippen LogP contribution in [0.15, 0.2) is 6.33 Å². The van der Waals surface area contributed by atoms with Crippen molar-refractivity contribution in [1.29, 1.82) is 0 Å². The van der Waals surface area contributed by atoms with E-state index in [1.165, 1.54) is 0 Å². The van der Waals surface area contributed by atoms with E-state index in [1.807, 2.05) is 0 Å². The first-order chi connectivity index (χ1) is 7.24. The van der Waals surface area contributed by atoms with Gasteiger partial charge < -0.3 is 21.1 Å². The lowest BCUT2D eigenvalue weighted by Crippen LogP contribution is -2.30. The maximum absolute atomic E-state index is 8.95. The van der Waals surface area contributed by atoms with Crippen molar-refractivity contribution in [3.63, 3.8) is 0 Å². The molecule has 84 valence electrons. The lowest BCUT2D eigenvalue weighted by molar-refractivity contribution is 0.276. The van der Waals surface area contributed by atoms with E-state index in [4.69, 9.17) is 10.8 Å². The first-order valence-electron chi connectivity index (χ1n) is 4.47. The van der Waals surface area contributed by atoms with Crippen LogP contribution >= 0.6 is 24.0 Å². The van der Waals surface area contributed by atoms with E-state index >= 15 is 0 Å². The Kier molecular flexibility index (Phi) is 5.44. The molecule has 0 fully saturated rings. The van der Waals surface area contributed by atoms with Crippen LogP contribution in [0.25, 0.3) is 0 Å². The van der Waals surface area contributed by atoms with Crippen LogP contribution in [0.4, 0.5) is 0 Å². The third kappa shape index (κ3) is 4.50. The van der Waals surface area contributed by atoms with Gasteiger partial charge >= 0.3 is 0 Å². The fourth-order valence-corrected chi connectivity index (χ4v) is 1.98. The highest BCUT2D eigenvalue weighted by atomic mass is 32.2. The first kappa shape index (κ1) is 12.3. The van der Waals surface area contributed by atoms with Crippen LogP contribution in [0.5, 0.6) is 0 Å². The summed E-state index contributed by atoms with van der Waals surface area (Å²) in [7, 11) is 0. The molecule has 1 rings (SSSR count). The molecular formula is C8H14N4OS2. The second-order valence-corrected chi connectivity index (χ2v) is 4.37. The normalized spacial score (nSPS) is 10.2. The summed E-state index contributed by atoms with van der Waals surface area (Å²) in [4.78, 5) is 6.98. The number of imidazole rings is 1. The van der Waals surface area contributed by atoms with Gasteiger partial charge in [-0.1, -0.05) is 0 Å². The molecule has 0 atom stereocenters. The van der Waals surface area contributed by atoms with Crippen LogP contribution in [0.3, 0.4) is 0 Å². The van der Waals surface area contributed by atoms with Crippen molar-refractivity contribution in [3.05, 3.63) is 17.7 Å². The van der Waals surface area contributed by atoms with Gasteiger partial charge in [0.25, 0.3) is 0 Å². The Balaban J connectivity index is 2.17. The SMILES string of the molecule is NC(=S)NCCSCc1[nH]cnc1CO. The molecule has 0 unspecified atom stereocenters. The van der Waals surface area contributed by atoms with Crippen molar-refractivity contribution in [1.82, 2.24) is 15.3 Å². The van der Waals surface area contributed by atoms with E-state index in [9.17, 15) is 0 Å². The van der Waals surface area contributed by atoms with Crippen LogP contribution in [-0.2, 0) is 12.4 Å². The molecule has 0 aromatic carbocycles. The van der Waals surface area contributed by atoms with Gasteiger partial charge in [-0.15, -0.1) is 0 Å². The summed E-state index contributed by atoms with van der Waals surface area (Å²) >= 11 is 6.40. The molecule has 1 aromatic heterocycles. The number of aromatic amines is 1. The Morgan fingerprint density at radius 2 is 2.53 bits per heavy atom. The number of aromatic nitrogens is 2. The van der Waals surface area contributed by atoms with Crippen molar-refractivity contribution < 1.29 is 5.11 Å². The average Bonchev–Trinajstić information content (AvgIpc) is 2.64. The number of nitrogens with one attached hydrogen (secondary N) is 2. The second kappa shape index (κ2) is 6.65. The Morgan fingerprint density at radius 3 is 3.20 bits per heavy atom. The number of rotatable bonds is 6. The highest BCUT2D eigenvalue weighted by Gasteiger charge is 2.03. The Bertz CT molecular complexity index is 315. The van der Waals surface area contributed by atoms with Crippen molar-refractivity contribution in [2.75, 3.05) is 12.3 Å². The Hall–Kier alpha value is -0.790. The number of nitrogens with zero attached hydrogens (tertiary/aromatic N) is 1. The van der Waals surface area contributed by atoms with Crippen LogP contribution in [0.1, 0.15) is 11.4 Å². The van der Waals surface area contributed by atoms with Gasteiger partial charge in [-0.3, -0.25) is 0 Å². The summed E-state index contributed by atoms with van der Waals surface area (Å²) in [5.41, 5.74) is 6.96. The van der Waals surface area contributed by atoms with Crippen molar-refractivity contribution in [2.24, 2.45) is 5.73 Å². The minimum atomic E-state index is -0.0233. The summed E-state index contributed by atoms with van der Waals surface area (Å²) in [6, 6.07) is 0. The van der Waals surface area contributed by atoms with Crippen molar-refractivity contribution in [2.45, 2.75) is 12.4 Å². The standard InChI is InChI=1S/C8H14N4OS2/c9-8(14)10-1-2-15-4-7-6(3-13)11-5-12-7/h5,13H,1-4H2,(H,11,12)(H3,9,10,14). The second-order valence-electron chi connectivity index (χ2n) is 2.83. The minimum absolute atomic E-state index is 0.0233. The summed E-state index contributed by atoms with van der Waals surface area (Å²) < 4.78 is 0. The van der Waals surface area contributed by atoms with E-state index in [-0.39, 0.29) is 6.61 Å². The number of nitrogens with two attached hydrogens (primary N) is 1. The lowest BCUT2D eigenvalue weighted by Gasteiger charge is -2.03. The minimum Gasteiger partial charge on any atom is -0.390 e. The van der Waals surface area contributed by atoms with Gasteiger partial charge in [-0.2, -0.15) is 11.8 Å². The molecule has 0 spiro atoms. The number of hydrogen-bond donors (Lipinski definition) is 4. The van der Waals surface area contributed by atoms with Gasteiger partial charge in [0.1, 0.15) is 0 Å². The molecule has 7 heteroatoms. The van der Waals surface area contributed by atoms with E-state index in [2.05, 4.69) is 27.5 Å². The third-order valence-electron chi connectivity index (χ3n) is 1.75. The van der Waals surface area contributed by atoms with E-state index in [0.717, 1.165) is 23.7 Å². The lowest BCUT2D eigenvalue weighted by atomic mass is 10.4. The quantitative estimate of drug-likeness (QED) is 0.416. The topological polar surface area (TPSA) is 87.0 Å². The fourth-order valence-electron chi connectivity index (χ4n) is 1.03. The van der Waals surface area contributed by atoms with Crippen LogP contribution in [0.2, 0.25) is 0 Å². The molecule has 0 saturated heterocycles. The monoisotopic (exact) mass is 246 g/mol. The summed E-state index contributed by atoms with van der Waals surface area (Å²) in [5, 5.41) is 12.1. The molecule has 5 N–H and O–H groups in total. The highest BCUT2D eigenvalue weighted by molar-refractivity contribution is 7.98. The molecule has 0 radical (unpaired) electrons. The molecule has 15 heavy (non-hydrogen) atoms. The maximum atomic E-state index is 8.95. The van der Waals surface area contributed by atoms with Crippen molar-refractivity contribution in [3.8, 4) is 0 Å². The van der Waals surface area contributed by atoms with E-state index in [0.29, 0.717) is 10.8 Å². The Labute approximate surface area is 97.9 Å². The molecule has 0 bridgehead atoms. The van der Waals surface area contributed by atoms with Gasteiger partial charge in [0.2, 0.25) is 0 Å². The van der Waals surface area contributed by atoms with Crippen LogP contribution in [-0.4, -0.2) is 32.5 Å².